The fourth-order valence-electron chi connectivity index (χ4n) is 8.22. The Kier molecular flexibility index (Phi) is 18.5. The number of thiazole rings is 1. The molecule has 2 amide bonds. The maximum Gasteiger partial charge on any atom is 0.243 e. The van der Waals surface area contributed by atoms with Gasteiger partial charge in [0.2, 0.25) is 11.8 Å². The highest BCUT2D eigenvalue weighted by molar-refractivity contribution is 7.13. The molecule has 0 spiro atoms. The van der Waals surface area contributed by atoms with Gasteiger partial charge in [0.25, 0.3) is 0 Å². The van der Waals surface area contributed by atoms with E-state index in [1.54, 1.807) is 11.3 Å². The van der Waals surface area contributed by atoms with Crippen LogP contribution in [0.2, 0.25) is 0 Å². The summed E-state index contributed by atoms with van der Waals surface area (Å²) in [7, 11) is 4.15. The van der Waals surface area contributed by atoms with Crippen molar-refractivity contribution < 1.29 is 24.2 Å². The maximum atomic E-state index is 14.1. The number of aromatic nitrogens is 1. The highest BCUT2D eigenvalue weighted by atomic mass is 32.1. The van der Waals surface area contributed by atoms with Crippen molar-refractivity contribution in [2.24, 2.45) is 11.3 Å². The van der Waals surface area contributed by atoms with Crippen LogP contribution in [0.4, 0.5) is 5.69 Å². The molecule has 4 atom stereocenters. The van der Waals surface area contributed by atoms with Crippen LogP contribution in [0.3, 0.4) is 0 Å². The Morgan fingerprint density at radius 2 is 1.58 bits per heavy atom. The van der Waals surface area contributed by atoms with Crippen molar-refractivity contribution in [3.63, 3.8) is 0 Å². The highest BCUT2D eigenvalue weighted by Gasteiger charge is 2.46. The molecule has 1 fully saturated rings. The molecule has 1 saturated heterocycles. The molecule has 2 heterocycles. The van der Waals surface area contributed by atoms with Crippen molar-refractivity contribution in [2.75, 3.05) is 45.2 Å². The van der Waals surface area contributed by atoms with Crippen molar-refractivity contribution in [1.82, 2.24) is 25.8 Å². The minimum Gasteiger partial charge on any atom is -0.494 e. The van der Waals surface area contributed by atoms with E-state index in [2.05, 4.69) is 76.3 Å². The fourth-order valence-corrected chi connectivity index (χ4v) is 9.03. The summed E-state index contributed by atoms with van der Waals surface area (Å²) >= 11 is 1.59. The lowest BCUT2D eigenvalue weighted by Crippen LogP contribution is -2.51. The van der Waals surface area contributed by atoms with Gasteiger partial charge in [0.05, 0.1) is 34.8 Å². The minimum atomic E-state index is -0.900. The van der Waals surface area contributed by atoms with Gasteiger partial charge >= 0.3 is 0 Å². The molecule has 0 aliphatic carbocycles. The number of β-amino-alcohol motifs (C(OH)–C–C–N with tert-alkyl or cyclic N) is 1. The number of hydrogen-bond donors (Lipinski definition) is 4. The molecule has 0 radical (unpaired) electrons. The second kappa shape index (κ2) is 23.7. The van der Waals surface area contributed by atoms with E-state index in [4.69, 9.17) is 4.74 Å². The number of carbonyl (C=O) groups is 3. The van der Waals surface area contributed by atoms with Gasteiger partial charge in [0.15, 0.2) is 0 Å². The van der Waals surface area contributed by atoms with Crippen LogP contribution in [0, 0.1) is 18.3 Å². The van der Waals surface area contributed by atoms with Crippen LogP contribution < -0.4 is 25.6 Å². The molecular formula is C50H70N6O5S. The van der Waals surface area contributed by atoms with E-state index in [9.17, 15) is 19.5 Å². The molecule has 3 unspecified atom stereocenters. The van der Waals surface area contributed by atoms with E-state index in [1.807, 2.05) is 76.5 Å². The fraction of sp³-hybridized carbons (Fsp3) is 0.520. The Labute approximate surface area is 374 Å². The molecule has 4 N–H and O–H groups in total. The topological polar surface area (TPSA) is 136 Å². The lowest BCUT2D eigenvalue weighted by atomic mass is 9.76. The van der Waals surface area contributed by atoms with Gasteiger partial charge in [-0.05, 0) is 92.1 Å². The summed E-state index contributed by atoms with van der Waals surface area (Å²) in [4.78, 5) is 50.5. The number of Topliss-reactive ketones (excluding diaryl/α,β-unsaturated/α-hetero) is 1. The van der Waals surface area contributed by atoms with Crippen molar-refractivity contribution >= 4 is 34.6 Å². The Morgan fingerprint density at radius 3 is 2.26 bits per heavy atom. The van der Waals surface area contributed by atoms with Crippen molar-refractivity contribution in [3.05, 3.63) is 101 Å². The molecule has 5 rings (SSSR count). The number of nitrogens with zero attached hydrogens (tertiary/aromatic N) is 3. The van der Waals surface area contributed by atoms with Gasteiger partial charge in [-0.15, -0.1) is 11.3 Å². The third-order valence-corrected chi connectivity index (χ3v) is 12.6. The first-order chi connectivity index (χ1) is 29.7. The average Bonchev–Trinajstić information content (AvgIpc) is 3.86. The number of aliphatic hydroxyl groups excluding tert-OH is 1. The Hall–Kier alpha value is -4.62. The molecule has 0 bridgehead atoms. The zero-order valence-electron chi connectivity index (χ0n) is 38.0. The normalized spacial score (nSPS) is 16.2. The number of aliphatic hydroxyl groups is 1. The number of hydrogen-bond acceptors (Lipinski definition) is 10. The molecule has 4 aromatic rings. The van der Waals surface area contributed by atoms with Crippen molar-refractivity contribution in [2.45, 2.75) is 117 Å². The van der Waals surface area contributed by atoms with Gasteiger partial charge in [0.1, 0.15) is 23.5 Å². The minimum absolute atomic E-state index is 0.0321. The number of aryl methyl sites for hydroxylation is 1. The molecule has 1 aliphatic rings. The number of unbranched alkanes of at least 4 members (excludes halogenated alkanes) is 4. The summed E-state index contributed by atoms with van der Waals surface area (Å²) < 4.78 is 6.00. The van der Waals surface area contributed by atoms with E-state index in [0.717, 1.165) is 85.7 Å². The van der Waals surface area contributed by atoms with Gasteiger partial charge in [0, 0.05) is 52.3 Å². The smallest absolute Gasteiger partial charge is 0.243 e. The van der Waals surface area contributed by atoms with Gasteiger partial charge < -0.3 is 35.6 Å². The zero-order chi connectivity index (χ0) is 44.6. The third kappa shape index (κ3) is 14.2. The van der Waals surface area contributed by atoms with Gasteiger partial charge in [-0.3, -0.25) is 14.4 Å². The Morgan fingerprint density at radius 1 is 0.903 bits per heavy atom. The zero-order valence-corrected chi connectivity index (χ0v) is 38.9. The maximum absolute atomic E-state index is 14.1. The second-order valence-corrected chi connectivity index (χ2v) is 18.9. The predicted octanol–water partition coefficient (Wildman–Crippen LogP) is 8.24. The summed E-state index contributed by atoms with van der Waals surface area (Å²) in [5.41, 5.74) is 7.96. The van der Waals surface area contributed by atoms with E-state index in [-0.39, 0.29) is 36.6 Å². The van der Waals surface area contributed by atoms with Crippen LogP contribution in [0.5, 0.6) is 5.75 Å². The molecule has 336 valence electrons. The number of likely N-dealkylation sites (tertiary alicyclic amines) is 1. The number of ether oxygens (including phenoxy) is 1. The van der Waals surface area contributed by atoms with Crippen LogP contribution in [0.15, 0.2) is 78.3 Å². The van der Waals surface area contributed by atoms with E-state index >= 15 is 0 Å². The number of ketones is 1. The molecule has 12 heteroatoms. The number of nitrogens with one attached hydrogen (secondary N) is 3. The largest absolute Gasteiger partial charge is 0.494 e. The van der Waals surface area contributed by atoms with Gasteiger partial charge in [-0.2, -0.15) is 0 Å². The van der Waals surface area contributed by atoms with E-state index in [1.165, 1.54) is 21.7 Å². The van der Waals surface area contributed by atoms with Crippen LogP contribution in [-0.4, -0.2) is 85.1 Å². The molecule has 1 aromatic heterocycles. The van der Waals surface area contributed by atoms with Crippen LogP contribution in [0.1, 0.15) is 107 Å². The Balaban J connectivity index is 0.962. The molecule has 1 aliphatic heterocycles. The standard InChI is InChI=1S/C50H70N6O5S/c1-35(38-21-23-39(24-22-38)47-36(2)53-34-62-47)54-48(59)44-30-41(57)33-56(44)49(60)46(50(3,4)5)45(58)18-11-9-8-10-14-29-61-42-25-19-37(20-26-42)31-51-27-15-28-52-32-40-16-12-13-17-43(40)55(6)7/h12-13,16-17,19-26,34-35,41,44,46,51-52,57H,8-11,14-15,18,27-33H2,1-7H3,(H,54,59)/t35-,41?,44?,46?/m0/s1. The van der Waals surface area contributed by atoms with Gasteiger partial charge in [-0.1, -0.05) is 94.6 Å². The monoisotopic (exact) mass is 867 g/mol. The summed E-state index contributed by atoms with van der Waals surface area (Å²) in [6, 6.07) is 23.6. The number of benzene rings is 3. The molecule has 0 saturated carbocycles. The first kappa shape index (κ1) is 48.4. The lowest BCUT2D eigenvalue weighted by Gasteiger charge is -2.34. The lowest BCUT2D eigenvalue weighted by molar-refractivity contribution is -0.149. The SMILES string of the molecule is Cc1ncsc1-c1ccc([C@H](C)NC(=O)C2CC(O)CN2C(=O)C(C(=O)CCCCCCCOc2ccc(CNCCCNCc3ccccc3N(C)C)cc2)C(C)(C)C)cc1. The number of para-hydroxylation sites is 1. The first-order valence-corrected chi connectivity index (χ1v) is 23.3. The average molecular weight is 867 g/mol. The van der Waals surface area contributed by atoms with E-state index in [0.29, 0.717) is 19.4 Å². The number of amides is 2. The van der Waals surface area contributed by atoms with Crippen molar-refractivity contribution in [3.8, 4) is 16.2 Å². The number of anilines is 1. The van der Waals surface area contributed by atoms with Crippen LogP contribution >= 0.6 is 11.3 Å². The number of rotatable bonds is 24. The van der Waals surface area contributed by atoms with Crippen LogP contribution in [-0.2, 0) is 27.5 Å². The van der Waals surface area contributed by atoms with Crippen LogP contribution in [0.25, 0.3) is 10.4 Å². The summed E-state index contributed by atoms with van der Waals surface area (Å²) in [6.07, 6.45) is 5.13. The predicted molar refractivity (Wildman–Crippen MR) is 251 cm³/mol. The molecule has 62 heavy (non-hydrogen) atoms. The molecule has 11 nitrogen and oxygen atoms in total. The number of carbonyl (C=O) groups excluding carboxylic acids is 3. The second-order valence-electron chi connectivity index (χ2n) is 18.0. The molecule has 3 aromatic carbocycles. The summed E-state index contributed by atoms with van der Waals surface area (Å²) in [5.74, 6) is -0.841. The Bertz CT molecular complexity index is 2010. The quantitative estimate of drug-likeness (QED) is 0.0406. The van der Waals surface area contributed by atoms with E-state index < -0.39 is 23.5 Å². The summed E-state index contributed by atoms with van der Waals surface area (Å²) in [6.45, 7) is 13.8. The first-order valence-electron chi connectivity index (χ1n) is 22.4. The summed E-state index contributed by atoms with van der Waals surface area (Å²) in [5, 5.41) is 20.8. The molecular weight excluding hydrogens is 797 g/mol. The third-order valence-electron chi connectivity index (χ3n) is 11.7. The van der Waals surface area contributed by atoms with Gasteiger partial charge in [-0.25, -0.2) is 4.98 Å². The van der Waals surface area contributed by atoms with Crippen molar-refractivity contribution in [1.29, 1.82) is 0 Å². The highest BCUT2D eigenvalue weighted by Crippen LogP contribution is 2.34.